The highest BCUT2D eigenvalue weighted by Gasteiger charge is 2.19. The fourth-order valence-corrected chi connectivity index (χ4v) is 3.22. The number of hydrogen-bond donors (Lipinski definition) is 1. The van der Waals surface area contributed by atoms with E-state index >= 15 is 0 Å². The minimum Gasteiger partial charge on any atom is -0.332 e. The highest BCUT2D eigenvalue weighted by atomic mass is 16.2. The van der Waals surface area contributed by atoms with Crippen LogP contribution in [0.3, 0.4) is 0 Å². The average molecular weight is 372 g/mol. The Bertz CT molecular complexity index is 976. The molecule has 4 nitrogen and oxygen atoms in total. The van der Waals surface area contributed by atoms with E-state index in [-0.39, 0.29) is 18.4 Å². The summed E-state index contributed by atoms with van der Waals surface area (Å²) in [7, 11) is 1.65. The highest BCUT2D eigenvalue weighted by Crippen LogP contribution is 2.24. The highest BCUT2D eigenvalue weighted by molar-refractivity contribution is 6.03. The summed E-state index contributed by atoms with van der Waals surface area (Å²) in [5.41, 5.74) is 5.21. The molecule has 2 amide bonds. The normalized spacial score (nSPS) is 10.4. The number of nitrogens with zero attached hydrogens (tertiary/aromatic N) is 1. The van der Waals surface area contributed by atoms with Crippen molar-refractivity contribution in [2.75, 3.05) is 18.9 Å². The molecule has 0 spiro atoms. The Morgan fingerprint density at radius 2 is 1.43 bits per heavy atom. The number of nitrogens with one attached hydrogen (secondary N) is 1. The van der Waals surface area contributed by atoms with Crippen LogP contribution in [0.2, 0.25) is 0 Å². The summed E-state index contributed by atoms with van der Waals surface area (Å²) in [4.78, 5) is 27.0. The molecule has 0 aliphatic carbocycles. The van der Waals surface area contributed by atoms with E-state index < -0.39 is 0 Å². The van der Waals surface area contributed by atoms with Crippen LogP contribution < -0.4 is 5.32 Å². The molecule has 0 aromatic heterocycles. The third kappa shape index (κ3) is 4.29. The van der Waals surface area contributed by atoms with E-state index in [2.05, 4.69) is 5.32 Å². The number of likely N-dealkylation sites (N-methyl/N-ethyl adjacent to an activating group) is 1. The first-order valence-corrected chi connectivity index (χ1v) is 9.23. The molecular weight excluding hydrogens is 348 g/mol. The molecule has 0 unspecified atom stereocenters. The van der Waals surface area contributed by atoms with Crippen molar-refractivity contribution < 1.29 is 9.59 Å². The van der Waals surface area contributed by atoms with Crippen LogP contribution in [-0.2, 0) is 4.79 Å². The number of benzene rings is 3. The van der Waals surface area contributed by atoms with Gasteiger partial charge in [-0.05, 0) is 42.2 Å². The summed E-state index contributed by atoms with van der Waals surface area (Å²) in [5.74, 6) is -0.401. The number of anilines is 1. The molecule has 0 saturated carbocycles. The van der Waals surface area contributed by atoms with Gasteiger partial charge in [0.15, 0.2) is 0 Å². The van der Waals surface area contributed by atoms with E-state index in [1.54, 1.807) is 13.1 Å². The fraction of sp³-hybridized carbons (Fsp3) is 0.167. The van der Waals surface area contributed by atoms with Gasteiger partial charge in [0.25, 0.3) is 5.91 Å². The van der Waals surface area contributed by atoms with Crippen molar-refractivity contribution in [3.05, 3.63) is 89.5 Å². The molecular formula is C24H24N2O2. The number of hydrogen-bond acceptors (Lipinski definition) is 2. The second-order valence-electron chi connectivity index (χ2n) is 6.89. The predicted octanol–water partition coefficient (Wildman–Crippen LogP) is 4.68. The lowest BCUT2D eigenvalue weighted by Crippen LogP contribution is -2.35. The number of amides is 2. The van der Waals surface area contributed by atoms with Crippen molar-refractivity contribution >= 4 is 17.5 Å². The van der Waals surface area contributed by atoms with E-state index in [4.69, 9.17) is 0 Å². The molecule has 0 radical (unpaired) electrons. The van der Waals surface area contributed by atoms with Gasteiger partial charge >= 0.3 is 0 Å². The van der Waals surface area contributed by atoms with Crippen LogP contribution in [0.15, 0.2) is 72.8 Å². The molecule has 0 bridgehead atoms. The molecule has 0 heterocycles. The molecule has 3 aromatic rings. The summed E-state index contributed by atoms with van der Waals surface area (Å²) in [6.45, 7) is 3.89. The molecule has 0 aliphatic rings. The first-order valence-electron chi connectivity index (χ1n) is 9.23. The fourth-order valence-electron chi connectivity index (χ4n) is 3.22. The van der Waals surface area contributed by atoms with Gasteiger partial charge in [-0.15, -0.1) is 0 Å². The largest absolute Gasteiger partial charge is 0.332 e. The summed E-state index contributed by atoms with van der Waals surface area (Å²) < 4.78 is 0. The minimum absolute atomic E-state index is 0.0181. The summed E-state index contributed by atoms with van der Waals surface area (Å²) >= 11 is 0. The van der Waals surface area contributed by atoms with Crippen molar-refractivity contribution in [2.45, 2.75) is 13.8 Å². The Morgan fingerprint density at radius 1 is 0.821 bits per heavy atom. The van der Waals surface area contributed by atoms with Gasteiger partial charge in [-0.1, -0.05) is 66.7 Å². The van der Waals surface area contributed by atoms with Gasteiger partial charge in [0.2, 0.25) is 5.91 Å². The molecule has 1 N–H and O–H groups in total. The van der Waals surface area contributed by atoms with Crippen LogP contribution in [0.1, 0.15) is 21.5 Å². The quantitative estimate of drug-likeness (QED) is 0.707. The maximum Gasteiger partial charge on any atom is 0.254 e. The zero-order valence-corrected chi connectivity index (χ0v) is 16.4. The van der Waals surface area contributed by atoms with Crippen molar-refractivity contribution in [3.8, 4) is 11.1 Å². The lowest BCUT2D eigenvalue weighted by Gasteiger charge is -2.20. The molecule has 142 valence electrons. The van der Waals surface area contributed by atoms with E-state index in [9.17, 15) is 9.59 Å². The summed E-state index contributed by atoms with van der Waals surface area (Å²) in [6.07, 6.45) is 0. The summed E-state index contributed by atoms with van der Waals surface area (Å²) in [6, 6.07) is 23.1. The number of para-hydroxylation sites is 1. The predicted molar refractivity (Wildman–Crippen MR) is 113 cm³/mol. The molecule has 3 rings (SSSR count). The van der Waals surface area contributed by atoms with Gasteiger partial charge in [0.05, 0.1) is 6.54 Å². The molecule has 0 atom stereocenters. The minimum atomic E-state index is -0.217. The molecule has 0 saturated heterocycles. The zero-order valence-electron chi connectivity index (χ0n) is 16.4. The Hall–Kier alpha value is -3.40. The smallest absolute Gasteiger partial charge is 0.254 e. The maximum absolute atomic E-state index is 13.0. The third-order valence-electron chi connectivity index (χ3n) is 4.72. The molecule has 28 heavy (non-hydrogen) atoms. The van der Waals surface area contributed by atoms with Crippen molar-refractivity contribution in [1.29, 1.82) is 0 Å². The van der Waals surface area contributed by atoms with E-state index in [1.807, 2.05) is 80.6 Å². The van der Waals surface area contributed by atoms with Gasteiger partial charge < -0.3 is 10.2 Å². The van der Waals surface area contributed by atoms with Crippen LogP contribution >= 0.6 is 0 Å². The Balaban J connectivity index is 1.76. The molecule has 0 aliphatic heterocycles. The zero-order chi connectivity index (χ0) is 20.1. The third-order valence-corrected chi connectivity index (χ3v) is 4.72. The maximum atomic E-state index is 13.0. The Labute approximate surface area is 165 Å². The second kappa shape index (κ2) is 8.53. The first-order chi connectivity index (χ1) is 13.5. The number of carbonyl (C=O) groups excluding carboxylic acids is 2. The molecule has 0 fully saturated rings. The topological polar surface area (TPSA) is 49.4 Å². The van der Waals surface area contributed by atoms with Crippen molar-refractivity contribution in [1.82, 2.24) is 4.90 Å². The number of carbonyl (C=O) groups is 2. The van der Waals surface area contributed by atoms with Crippen LogP contribution in [-0.4, -0.2) is 30.3 Å². The van der Waals surface area contributed by atoms with Crippen molar-refractivity contribution in [2.24, 2.45) is 0 Å². The van der Waals surface area contributed by atoms with Crippen LogP contribution in [0, 0.1) is 13.8 Å². The van der Waals surface area contributed by atoms with Crippen LogP contribution in [0.5, 0.6) is 0 Å². The number of aryl methyl sites for hydroxylation is 2. The standard InChI is InChI=1S/C24H24N2O2/c1-17-10-9-11-18(2)23(17)25-22(27)16-26(3)24(28)21-15-8-7-14-20(21)19-12-5-4-6-13-19/h4-15H,16H2,1-3H3,(H,25,27). The van der Waals surface area contributed by atoms with Gasteiger partial charge in [0, 0.05) is 18.3 Å². The van der Waals surface area contributed by atoms with Crippen LogP contribution in [0.4, 0.5) is 5.69 Å². The van der Waals surface area contributed by atoms with Gasteiger partial charge in [-0.3, -0.25) is 9.59 Å². The molecule has 4 heteroatoms. The lowest BCUT2D eigenvalue weighted by atomic mass is 9.99. The van der Waals surface area contributed by atoms with Crippen molar-refractivity contribution in [3.63, 3.8) is 0 Å². The van der Waals surface area contributed by atoms with Gasteiger partial charge in [-0.25, -0.2) is 0 Å². The average Bonchev–Trinajstić information content (AvgIpc) is 2.71. The second-order valence-corrected chi connectivity index (χ2v) is 6.89. The Morgan fingerprint density at radius 3 is 2.11 bits per heavy atom. The first kappa shape index (κ1) is 19.4. The Kier molecular flexibility index (Phi) is 5.90. The van der Waals surface area contributed by atoms with Gasteiger partial charge in [-0.2, -0.15) is 0 Å². The van der Waals surface area contributed by atoms with E-state index in [0.29, 0.717) is 5.56 Å². The monoisotopic (exact) mass is 372 g/mol. The summed E-state index contributed by atoms with van der Waals surface area (Å²) in [5, 5.41) is 2.93. The van der Waals surface area contributed by atoms with Gasteiger partial charge in [0.1, 0.15) is 0 Å². The van der Waals surface area contributed by atoms with Crippen LogP contribution in [0.25, 0.3) is 11.1 Å². The lowest BCUT2D eigenvalue weighted by molar-refractivity contribution is -0.116. The number of rotatable bonds is 5. The SMILES string of the molecule is Cc1cccc(C)c1NC(=O)CN(C)C(=O)c1ccccc1-c1ccccc1. The van der Waals surface area contributed by atoms with E-state index in [0.717, 1.165) is 27.9 Å². The molecule has 3 aromatic carbocycles. The van der Waals surface area contributed by atoms with E-state index in [1.165, 1.54) is 4.90 Å².